The average Bonchev–Trinajstić information content (AvgIpc) is 2.22. The molecule has 1 aromatic rings. The van der Waals surface area contributed by atoms with Gasteiger partial charge in [0.2, 0.25) is 0 Å². The predicted molar refractivity (Wildman–Crippen MR) is 57.2 cm³/mol. The summed E-state index contributed by atoms with van der Waals surface area (Å²) in [6, 6.07) is 1.49. The Labute approximate surface area is 88.1 Å². The topological polar surface area (TPSA) is 63.8 Å². The van der Waals surface area contributed by atoms with Gasteiger partial charge in [0.25, 0.3) is 0 Å². The average molecular weight is 210 g/mol. The highest BCUT2D eigenvalue weighted by Gasteiger charge is 2.24. The van der Waals surface area contributed by atoms with E-state index in [-0.39, 0.29) is 6.04 Å². The molecule has 0 spiro atoms. The second-order valence-corrected chi connectivity index (χ2v) is 3.88. The second-order valence-electron chi connectivity index (χ2n) is 3.88. The summed E-state index contributed by atoms with van der Waals surface area (Å²) >= 11 is 0. The van der Waals surface area contributed by atoms with Gasteiger partial charge in [-0.25, -0.2) is 14.4 Å². The molecular formula is C10H15FN4. The van der Waals surface area contributed by atoms with Crippen LogP contribution in [0, 0.1) is 0 Å². The smallest absolute Gasteiger partial charge is 0.131 e. The van der Waals surface area contributed by atoms with Crippen LogP contribution in [0.2, 0.25) is 0 Å². The minimum atomic E-state index is -0.782. The van der Waals surface area contributed by atoms with Gasteiger partial charge in [-0.2, -0.15) is 0 Å². The van der Waals surface area contributed by atoms with Gasteiger partial charge in [-0.15, -0.1) is 0 Å². The fourth-order valence-electron chi connectivity index (χ4n) is 1.89. The van der Waals surface area contributed by atoms with Gasteiger partial charge < -0.3 is 11.1 Å². The normalized spacial score (nSPS) is 26.2. The maximum atomic E-state index is 13.5. The summed E-state index contributed by atoms with van der Waals surface area (Å²) in [5, 5.41) is 3.07. The summed E-state index contributed by atoms with van der Waals surface area (Å²) in [7, 11) is 0. The number of alkyl halides is 1. The number of aromatic nitrogens is 2. The number of nitrogens with two attached hydrogens (primary N) is 1. The molecule has 1 saturated carbocycles. The van der Waals surface area contributed by atoms with Crippen molar-refractivity contribution in [2.75, 3.05) is 11.1 Å². The van der Waals surface area contributed by atoms with Crippen LogP contribution in [0.4, 0.5) is 16.0 Å². The zero-order valence-electron chi connectivity index (χ0n) is 8.49. The van der Waals surface area contributed by atoms with E-state index in [0.717, 1.165) is 19.3 Å². The summed E-state index contributed by atoms with van der Waals surface area (Å²) in [4.78, 5) is 7.78. The largest absolute Gasteiger partial charge is 0.384 e. The van der Waals surface area contributed by atoms with Crippen LogP contribution in [0.15, 0.2) is 12.4 Å². The van der Waals surface area contributed by atoms with Crippen molar-refractivity contribution in [1.82, 2.24) is 9.97 Å². The van der Waals surface area contributed by atoms with Gasteiger partial charge in [-0.3, -0.25) is 0 Å². The molecule has 1 heterocycles. The van der Waals surface area contributed by atoms with Crippen LogP contribution in [-0.4, -0.2) is 22.2 Å². The number of halogens is 1. The van der Waals surface area contributed by atoms with Crippen LogP contribution in [-0.2, 0) is 0 Å². The molecule has 4 nitrogen and oxygen atoms in total. The van der Waals surface area contributed by atoms with E-state index in [1.807, 2.05) is 0 Å². The number of nitrogens with zero attached hydrogens (tertiary/aromatic N) is 2. The Morgan fingerprint density at radius 3 is 2.87 bits per heavy atom. The van der Waals surface area contributed by atoms with Gasteiger partial charge in [0, 0.05) is 6.07 Å². The fraction of sp³-hybridized carbons (Fsp3) is 0.600. The summed E-state index contributed by atoms with van der Waals surface area (Å²) < 4.78 is 13.5. The van der Waals surface area contributed by atoms with Crippen molar-refractivity contribution >= 4 is 11.6 Å². The van der Waals surface area contributed by atoms with Crippen LogP contribution in [0.3, 0.4) is 0 Å². The quantitative estimate of drug-likeness (QED) is 0.780. The standard InChI is InChI=1S/C10H15FN4/c11-7-3-1-2-4-8(7)15-10-5-9(12)13-6-14-10/h5-8H,1-4H2,(H3,12,13,14,15)/t7-,8-/m1/s1. The van der Waals surface area contributed by atoms with E-state index in [1.54, 1.807) is 6.07 Å². The van der Waals surface area contributed by atoms with E-state index in [1.165, 1.54) is 6.33 Å². The molecule has 0 amide bonds. The SMILES string of the molecule is Nc1cc(N[C@@H]2CCCC[C@H]2F)ncn1. The van der Waals surface area contributed by atoms with Crippen molar-refractivity contribution in [2.45, 2.75) is 37.9 Å². The third-order valence-corrected chi connectivity index (χ3v) is 2.70. The van der Waals surface area contributed by atoms with Crippen molar-refractivity contribution < 1.29 is 4.39 Å². The summed E-state index contributed by atoms with van der Waals surface area (Å²) in [6.07, 6.45) is 4.14. The molecule has 1 aliphatic rings. The van der Waals surface area contributed by atoms with Gasteiger partial charge in [0.15, 0.2) is 0 Å². The highest BCUT2D eigenvalue weighted by Crippen LogP contribution is 2.23. The molecule has 2 rings (SSSR count). The first kappa shape index (κ1) is 10.1. The molecule has 82 valence electrons. The zero-order valence-corrected chi connectivity index (χ0v) is 8.49. The number of nitrogens with one attached hydrogen (secondary N) is 1. The summed E-state index contributed by atoms with van der Waals surface area (Å²) in [6.45, 7) is 0. The van der Waals surface area contributed by atoms with E-state index in [9.17, 15) is 4.39 Å². The second kappa shape index (κ2) is 4.42. The molecule has 0 aliphatic heterocycles. The van der Waals surface area contributed by atoms with E-state index >= 15 is 0 Å². The maximum absolute atomic E-state index is 13.5. The van der Waals surface area contributed by atoms with Crippen molar-refractivity contribution in [2.24, 2.45) is 0 Å². The van der Waals surface area contributed by atoms with E-state index < -0.39 is 6.17 Å². The first-order valence-electron chi connectivity index (χ1n) is 5.24. The minimum Gasteiger partial charge on any atom is -0.384 e. The number of nitrogen functional groups attached to an aromatic ring is 1. The molecule has 0 unspecified atom stereocenters. The number of rotatable bonds is 2. The lowest BCUT2D eigenvalue weighted by molar-refractivity contribution is 0.229. The molecule has 1 aliphatic carbocycles. The van der Waals surface area contributed by atoms with Crippen molar-refractivity contribution in [3.63, 3.8) is 0 Å². The summed E-state index contributed by atoms with van der Waals surface area (Å²) in [5.74, 6) is 1.01. The summed E-state index contributed by atoms with van der Waals surface area (Å²) in [5.41, 5.74) is 5.51. The Morgan fingerprint density at radius 1 is 1.33 bits per heavy atom. The lowest BCUT2D eigenvalue weighted by Gasteiger charge is -2.27. The van der Waals surface area contributed by atoms with Gasteiger partial charge in [-0.1, -0.05) is 12.8 Å². The molecule has 0 aromatic carbocycles. The molecular weight excluding hydrogens is 195 g/mol. The highest BCUT2D eigenvalue weighted by atomic mass is 19.1. The Morgan fingerprint density at radius 2 is 2.13 bits per heavy atom. The predicted octanol–water partition coefficient (Wildman–Crippen LogP) is 1.75. The Bertz CT molecular complexity index is 331. The van der Waals surface area contributed by atoms with Gasteiger partial charge in [-0.05, 0) is 12.8 Å². The number of hydrogen-bond acceptors (Lipinski definition) is 4. The Balaban J connectivity index is 2.01. The van der Waals surface area contributed by atoms with Crippen LogP contribution in [0.5, 0.6) is 0 Å². The van der Waals surface area contributed by atoms with Crippen LogP contribution in [0.25, 0.3) is 0 Å². The van der Waals surface area contributed by atoms with E-state index in [2.05, 4.69) is 15.3 Å². The fourth-order valence-corrected chi connectivity index (χ4v) is 1.89. The number of hydrogen-bond donors (Lipinski definition) is 2. The Hall–Kier alpha value is -1.39. The molecule has 1 aromatic heterocycles. The lowest BCUT2D eigenvalue weighted by Crippen LogP contribution is -2.33. The molecule has 15 heavy (non-hydrogen) atoms. The van der Waals surface area contributed by atoms with Crippen molar-refractivity contribution in [3.8, 4) is 0 Å². The van der Waals surface area contributed by atoms with Gasteiger partial charge >= 0.3 is 0 Å². The van der Waals surface area contributed by atoms with Crippen molar-refractivity contribution in [1.29, 1.82) is 0 Å². The monoisotopic (exact) mass is 210 g/mol. The number of anilines is 2. The molecule has 0 radical (unpaired) electrons. The molecule has 3 N–H and O–H groups in total. The lowest BCUT2D eigenvalue weighted by atomic mass is 9.94. The molecule has 2 atom stereocenters. The molecule has 0 bridgehead atoms. The first-order valence-corrected chi connectivity index (χ1v) is 5.24. The van der Waals surface area contributed by atoms with Crippen molar-refractivity contribution in [3.05, 3.63) is 12.4 Å². The third-order valence-electron chi connectivity index (χ3n) is 2.70. The van der Waals surface area contributed by atoms with Crippen LogP contribution < -0.4 is 11.1 Å². The van der Waals surface area contributed by atoms with E-state index in [0.29, 0.717) is 18.1 Å². The maximum Gasteiger partial charge on any atom is 0.131 e. The highest BCUT2D eigenvalue weighted by molar-refractivity contribution is 5.44. The molecule has 5 heteroatoms. The zero-order chi connectivity index (χ0) is 10.7. The van der Waals surface area contributed by atoms with Gasteiger partial charge in [0.1, 0.15) is 24.1 Å². The molecule has 1 fully saturated rings. The van der Waals surface area contributed by atoms with Gasteiger partial charge in [0.05, 0.1) is 6.04 Å². The Kier molecular flexibility index (Phi) is 2.99. The van der Waals surface area contributed by atoms with Crippen LogP contribution >= 0.6 is 0 Å². The van der Waals surface area contributed by atoms with E-state index in [4.69, 9.17) is 5.73 Å². The molecule has 0 saturated heterocycles. The minimum absolute atomic E-state index is 0.131. The third kappa shape index (κ3) is 2.55. The van der Waals surface area contributed by atoms with Crippen LogP contribution in [0.1, 0.15) is 25.7 Å². The first-order chi connectivity index (χ1) is 7.25.